The molecule has 0 aromatic heterocycles. The summed E-state index contributed by atoms with van der Waals surface area (Å²) in [4.78, 5) is 40.6. The number of rotatable bonds is 8. The van der Waals surface area contributed by atoms with Gasteiger partial charge in [0.15, 0.2) is 0 Å². The van der Waals surface area contributed by atoms with E-state index in [4.69, 9.17) is 5.73 Å². The van der Waals surface area contributed by atoms with E-state index >= 15 is 0 Å². The standard InChI is InChI=1S/C25H25N3O3/c1-27(22-13-6-3-7-14-22)24(30)20-11-8-12-21(17-20)25(31)28(16-15-23(26)29)18-19-9-4-2-5-10-19/h2-14,17H,15-16,18H2,1H3,(H2,26,29). The molecule has 2 N–H and O–H groups in total. The maximum Gasteiger partial charge on any atom is 0.258 e. The number of primary amides is 1. The smallest absolute Gasteiger partial charge is 0.258 e. The Morgan fingerprint density at radius 2 is 1.35 bits per heavy atom. The topological polar surface area (TPSA) is 83.7 Å². The Morgan fingerprint density at radius 3 is 1.97 bits per heavy atom. The molecule has 0 aliphatic rings. The van der Waals surface area contributed by atoms with Gasteiger partial charge in [0.2, 0.25) is 5.91 Å². The van der Waals surface area contributed by atoms with Gasteiger partial charge in [-0.3, -0.25) is 14.4 Å². The van der Waals surface area contributed by atoms with Gasteiger partial charge in [-0.05, 0) is 35.9 Å². The van der Waals surface area contributed by atoms with Crippen LogP contribution < -0.4 is 10.6 Å². The maximum atomic E-state index is 13.2. The Balaban J connectivity index is 1.83. The predicted octanol–water partition coefficient (Wildman–Crippen LogP) is 3.48. The summed E-state index contributed by atoms with van der Waals surface area (Å²) in [5, 5.41) is 0. The fourth-order valence-corrected chi connectivity index (χ4v) is 3.23. The third kappa shape index (κ3) is 5.79. The number of hydrogen-bond acceptors (Lipinski definition) is 3. The lowest BCUT2D eigenvalue weighted by molar-refractivity contribution is -0.118. The van der Waals surface area contributed by atoms with E-state index in [0.29, 0.717) is 17.7 Å². The number of amides is 3. The van der Waals surface area contributed by atoms with Crippen molar-refractivity contribution >= 4 is 23.4 Å². The first-order valence-electron chi connectivity index (χ1n) is 10.0. The molecule has 0 fully saturated rings. The zero-order chi connectivity index (χ0) is 22.2. The van der Waals surface area contributed by atoms with Crippen LogP contribution in [0.3, 0.4) is 0 Å². The Morgan fingerprint density at radius 1 is 0.774 bits per heavy atom. The van der Waals surface area contributed by atoms with Gasteiger partial charge in [-0.25, -0.2) is 0 Å². The molecule has 3 aromatic rings. The summed E-state index contributed by atoms with van der Waals surface area (Å²) in [5.74, 6) is -0.950. The number of para-hydroxylation sites is 1. The molecule has 0 spiro atoms. The molecule has 3 aromatic carbocycles. The second kappa shape index (κ2) is 10.2. The number of hydrogen-bond donors (Lipinski definition) is 1. The minimum Gasteiger partial charge on any atom is -0.370 e. The molecular formula is C25H25N3O3. The van der Waals surface area contributed by atoms with E-state index in [0.717, 1.165) is 11.3 Å². The van der Waals surface area contributed by atoms with E-state index in [1.165, 1.54) is 0 Å². The second-order valence-corrected chi connectivity index (χ2v) is 7.21. The average Bonchev–Trinajstić information content (AvgIpc) is 2.81. The zero-order valence-corrected chi connectivity index (χ0v) is 17.4. The highest BCUT2D eigenvalue weighted by atomic mass is 16.2. The summed E-state index contributed by atoms with van der Waals surface area (Å²) in [7, 11) is 1.70. The van der Waals surface area contributed by atoms with Crippen LogP contribution in [0.4, 0.5) is 5.69 Å². The highest BCUT2D eigenvalue weighted by Crippen LogP contribution is 2.17. The van der Waals surface area contributed by atoms with Gasteiger partial charge in [-0.15, -0.1) is 0 Å². The largest absolute Gasteiger partial charge is 0.370 e. The van der Waals surface area contributed by atoms with Gasteiger partial charge in [0.25, 0.3) is 11.8 Å². The summed E-state index contributed by atoms with van der Waals surface area (Å²) in [5.41, 5.74) is 7.79. The molecule has 0 aliphatic carbocycles. The number of nitrogens with two attached hydrogens (primary N) is 1. The van der Waals surface area contributed by atoms with Crippen LogP contribution in [-0.2, 0) is 11.3 Å². The summed E-state index contributed by atoms with van der Waals surface area (Å²) in [6.45, 7) is 0.542. The number of nitrogens with zero attached hydrogens (tertiary/aromatic N) is 2. The van der Waals surface area contributed by atoms with Crippen LogP contribution in [0.1, 0.15) is 32.7 Å². The molecule has 0 atom stereocenters. The van der Waals surface area contributed by atoms with Crippen molar-refractivity contribution < 1.29 is 14.4 Å². The second-order valence-electron chi connectivity index (χ2n) is 7.21. The first kappa shape index (κ1) is 21.8. The normalized spacial score (nSPS) is 10.4. The van der Waals surface area contributed by atoms with Crippen molar-refractivity contribution in [2.45, 2.75) is 13.0 Å². The number of carbonyl (C=O) groups excluding carboxylic acids is 3. The molecule has 6 heteroatoms. The van der Waals surface area contributed by atoms with Crippen molar-refractivity contribution in [2.75, 3.05) is 18.5 Å². The molecule has 31 heavy (non-hydrogen) atoms. The van der Waals surface area contributed by atoms with E-state index in [1.807, 2.05) is 60.7 Å². The van der Waals surface area contributed by atoms with Crippen molar-refractivity contribution in [2.24, 2.45) is 5.73 Å². The van der Waals surface area contributed by atoms with Crippen LogP contribution in [-0.4, -0.2) is 36.2 Å². The molecule has 0 aliphatic heterocycles. The van der Waals surface area contributed by atoms with E-state index in [1.54, 1.807) is 41.1 Å². The molecule has 3 rings (SSSR count). The van der Waals surface area contributed by atoms with E-state index in [2.05, 4.69) is 0 Å². The van der Waals surface area contributed by atoms with Gasteiger partial charge < -0.3 is 15.5 Å². The van der Waals surface area contributed by atoms with Gasteiger partial charge in [0, 0.05) is 43.4 Å². The van der Waals surface area contributed by atoms with E-state index in [9.17, 15) is 14.4 Å². The minimum absolute atomic E-state index is 0.0634. The lowest BCUT2D eigenvalue weighted by atomic mass is 10.1. The van der Waals surface area contributed by atoms with Crippen LogP contribution >= 0.6 is 0 Å². The van der Waals surface area contributed by atoms with E-state index < -0.39 is 5.91 Å². The Hall–Kier alpha value is -3.93. The summed E-state index contributed by atoms with van der Waals surface area (Å²) in [6, 6.07) is 25.4. The first-order valence-corrected chi connectivity index (χ1v) is 10.0. The lowest BCUT2D eigenvalue weighted by Crippen LogP contribution is -2.34. The van der Waals surface area contributed by atoms with Crippen LogP contribution in [0.2, 0.25) is 0 Å². The molecule has 3 amide bonds. The highest BCUT2D eigenvalue weighted by Gasteiger charge is 2.20. The summed E-state index contributed by atoms with van der Waals surface area (Å²) >= 11 is 0. The molecule has 0 radical (unpaired) electrons. The maximum absolute atomic E-state index is 13.2. The van der Waals surface area contributed by atoms with Crippen molar-refractivity contribution in [3.8, 4) is 0 Å². The molecular weight excluding hydrogens is 390 g/mol. The molecule has 0 saturated carbocycles. The molecule has 0 unspecified atom stereocenters. The van der Waals surface area contributed by atoms with E-state index in [-0.39, 0.29) is 24.8 Å². The quantitative estimate of drug-likeness (QED) is 0.611. The zero-order valence-electron chi connectivity index (χ0n) is 17.4. The predicted molar refractivity (Wildman–Crippen MR) is 121 cm³/mol. The lowest BCUT2D eigenvalue weighted by Gasteiger charge is -2.23. The summed E-state index contributed by atoms with van der Waals surface area (Å²) < 4.78 is 0. The molecule has 0 bridgehead atoms. The third-order valence-corrected chi connectivity index (χ3v) is 4.94. The Labute approximate surface area is 181 Å². The van der Waals surface area contributed by atoms with Crippen LogP contribution in [0.25, 0.3) is 0 Å². The van der Waals surface area contributed by atoms with Crippen LogP contribution in [0.5, 0.6) is 0 Å². The number of benzene rings is 3. The monoisotopic (exact) mass is 415 g/mol. The fraction of sp³-hybridized carbons (Fsp3) is 0.160. The Kier molecular flexibility index (Phi) is 7.17. The highest BCUT2D eigenvalue weighted by molar-refractivity contribution is 6.07. The molecule has 0 heterocycles. The van der Waals surface area contributed by atoms with Crippen molar-refractivity contribution in [3.63, 3.8) is 0 Å². The molecule has 0 saturated heterocycles. The SMILES string of the molecule is CN(C(=O)c1cccc(C(=O)N(CCC(N)=O)Cc2ccccc2)c1)c1ccccc1. The number of anilines is 1. The van der Waals surface area contributed by atoms with Gasteiger partial charge in [-0.1, -0.05) is 54.6 Å². The average molecular weight is 415 g/mol. The van der Waals surface area contributed by atoms with Crippen molar-refractivity contribution in [3.05, 3.63) is 102 Å². The Bertz CT molecular complexity index is 1050. The van der Waals surface area contributed by atoms with Gasteiger partial charge in [0.1, 0.15) is 0 Å². The van der Waals surface area contributed by atoms with Gasteiger partial charge in [-0.2, -0.15) is 0 Å². The van der Waals surface area contributed by atoms with Crippen LogP contribution in [0.15, 0.2) is 84.9 Å². The van der Waals surface area contributed by atoms with Gasteiger partial charge >= 0.3 is 0 Å². The van der Waals surface area contributed by atoms with Gasteiger partial charge in [0.05, 0.1) is 0 Å². The molecule has 6 nitrogen and oxygen atoms in total. The summed E-state index contributed by atoms with van der Waals surface area (Å²) in [6.07, 6.45) is 0.0634. The third-order valence-electron chi connectivity index (χ3n) is 4.94. The first-order chi connectivity index (χ1) is 15.0. The fourth-order valence-electron chi connectivity index (χ4n) is 3.23. The number of carbonyl (C=O) groups is 3. The minimum atomic E-state index is -0.473. The van der Waals surface area contributed by atoms with Crippen molar-refractivity contribution in [1.82, 2.24) is 4.90 Å². The van der Waals surface area contributed by atoms with Crippen molar-refractivity contribution in [1.29, 1.82) is 0 Å². The molecule has 158 valence electrons. The van der Waals surface area contributed by atoms with Crippen LogP contribution in [0, 0.1) is 0 Å².